The second-order valence-corrected chi connectivity index (χ2v) is 11.8. The van der Waals surface area contributed by atoms with Gasteiger partial charge in [-0.3, -0.25) is 19.2 Å². The normalized spacial score (nSPS) is 34.9. The van der Waals surface area contributed by atoms with Crippen LogP contribution in [-0.4, -0.2) is 72.1 Å². The number of fused-ring (bicyclic) bond motifs is 1. The number of benzene rings is 1. The van der Waals surface area contributed by atoms with Crippen molar-refractivity contribution in [2.24, 2.45) is 17.3 Å². The van der Waals surface area contributed by atoms with Crippen LogP contribution in [0.15, 0.2) is 30.3 Å². The Kier molecular flexibility index (Phi) is 8.23. The predicted molar refractivity (Wildman–Crippen MR) is 141 cm³/mol. The standard InChI is InChI=1S/C30H38O11/c1-16-13-23(37-18(3)32)25(39-20(5)34)29(15-36-17(2)31)26(40-27(35)21-11-9-8-10-12-21)24(38-19(4)33)22-14-30(16,29)41-28(22,6)7/h8-12,16,22-26H,13-15H2,1-7H3/t16-,22+,23+,24+,25+,26-,29+,30+/m1/s1. The van der Waals surface area contributed by atoms with Crippen molar-refractivity contribution in [3.63, 3.8) is 0 Å². The summed E-state index contributed by atoms with van der Waals surface area (Å²) in [6, 6.07) is 8.24. The van der Waals surface area contributed by atoms with Crippen LogP contribution in [0.5, 0.6) is 0 Å². The van der Waals surface area contributed by atoms with Gasteiger partial charge >= 0.3 is 29.8 Å². The number of hydrogen-bond donors (Lipinski definition) is 0. The Bertz CT molecular complexity index is 1210. The van der Waals surface area contributed by atoms with Gasteiger partial charge in [-0.2, -0.15) is 0 Å². The van der Waals surface area contributed by atoms with Crippen molar-refractivity contribution in [1.29, 1.82) is 0 Å². The first kappa shape index (κ1) is 30.5. The van der Waals surface area contributed by atoms with Gasteiger partial charge in [0.2, 0.25) is 0 Å². The molecule has 2 bridgehead atoms. The van der Waals surface area contributed by atoms with Crippen LogP contribution in [-0.2, 0) is 47.6 Å². The van der Waals surface area contributed by atoms with Gasteiger partial charge in [0.25, 0.3) is 0 Å². The van der Waals surface area contributed by atoms with Crippen LogP contribution in [0.25, 0.3) is 0 Å². The van der Waals surface area contributed by atoms with Gasteiger partial charge in [0.1, 0.15) is 24.2 Å². The summed E-state index contributed by atoms with van der Waals surface area (Å²) in [5.41, 5.74) is -3.52. The molecular formula is C30H38O11. The number of ether oxygens (including phenoxy) is 6. The maximum Gasteiger partial charge on any atom is 0.338 e. The van der Waals surface area contributed by atoms with Crippen molar-refractivity contribution in [3.05, 3.63) is 35.9 Å². The smallest absolute Gasteiger partial charge is 0.338 e. The zero-order valence-electron chi connectivity index (χ0n) is 24.5. The Balaban J connectivity index is 2.02. The molecule has 1 aromatic rings. The highest BCUT2D eigenvalue weighted by Crippen LogP contribution is 2.68. The molecule has 0 amide bonds. The Morgan fingerprint density at radius 2 is 1.44 bits per heavy atom. The van der Waals surface area contributed by atoms with E-state index in [4.69, 9.17) is 28.4 Å². The van der Waals surface area contributed by atoms with Gasteiger partial charge in [-0.05, 0) is 44.7 Å². The third-order valence-electron chi connectivity index (χ3n) is 8.75. The molecule has 0 aromatic heterocycles. The zero-order valence-corrected chi connectivity index (χ0v) is 24.5. The van der Waals surface area contributed by atoms with Crippen LogP contribution >= 0.6 is 0 Å². The molecular weight excluding hydrogens is 536 g/mol. The molecule has 1 heterocycles. The monoisotopic (exact) mass is 574 g/mol. The molecule has 0 N–H and O–H groups in total. The Labute approximate surface area is 239 Å². The first-order valence-electron chi connectivity index (χ1n) is 13.8. The van der Waals surface area contributed by atoms with E-state index in [1.807, 2.05) is 20.8 Å². The molecule has 0 unspecified atom stereocenters. The predicted octanol–water partition coefficient (Wildman–Crippen LogP) is 3.16. The largest absolute Gasteiger partial charge is 0.465 e. The van der Waals surface area contributed by atoms with Gasteiger partial charge in [-0.25, -0.2) is 4.79 Å². The molecule has 3 fully saturated rings. The summed E-state index contributed by atoms with van der Waals surface area (Å²) in [5.74, 6) is -4.13. The molecule has 3 aliphatic rings. The molecule has 2 saturated carbocycles. The van der Waals surface area contributed by atoms with Crippen molar-refractivity contribution in [2.45, 2.75) is 96.9 Å². The fraction of sp³-hybridized carbons (Fsp3) is 0.633. The van der Waals surface area contributed by atoms with Crippen molar-refractivity contribution in [1.82, 2.24) is 0 Å². The van der Waals surface area contributed by atoms with Gasteiger partial charge in [0.05, 0.1) is 16.8 Å². The molecule has 1 saturated heterocycles. The van der Waals surface area contributed by atoms with Gasteiger partial charge in [0.15, 0.2) is 12.2 Å². The molecule has 11 nitrogen and oxygen atoms in total. The Hall–Kier alpha value is -3.47. The lowest BCUT2D eigenvalue weighted by Crippen LogP contribution is -2.77. The summed E-state index contributed by atoms with van der Waals surface area (Å²) in [5, 5.41) is 0. The average molecular weight is 575 g/mol. The summed E-state index contributed by atoms with van der Waals surface area (Å²) < 4.78 is 36.3. The zero-order chi connectivity index (χ0) is 30.3. The number of rotatable bonds is 7. The van der Waals surface area contributed by atoms with Crippen molar-refractivity contribution in [2.75, 3.05) is 6.61 Å². The first-order chi connectivity index (χ1) is 19.1. The van der Waals surface area contributed by atoms with Crippen LogP contribution in [0.1, 0.15) is 71.7 Å². The summed E-state index contributed by atoms with van der Waals surface area (Å²) in [7, 11) is 0. The fourth-order valence-corrected chi connectivity index (χ4v) is 7.31. The lowest BCUT2D eigenvalue weighted by molar-refractivity contribution is -0.307. The van der Waals surface area contributed by atoms with Crippen LogP contribution in [0.3, 0.4) is 0 Å². The number of hydrogen-bond acceptors (Lipinski definition) is 11. The number of esters is 5. The molecule has 41 heavy (non-hydrogen) atoms. The minimum atomic E-state index is -1.64. The maximum absolute atomic E-state index is 13.7. The van der Waals surface area contributed by atoms with Crippen LogP contribution in [0.2, 0.25) is 0 Å². The van der Waals surface area contributed by atoms with Crippen molar-refractivity contribution < 1.29 is 52.4 Å². The van der Waals surface area contributed by atoms with Gasteiger partial charge in [-0.15, -0.1) is 0 Å². The average Bonchev–Trinajstić information content (AvgIpc) is 3.13. The van der Waals surface area contributed by atoms with Gasteiger partial charge in [-0.1, -0.05) is 25.1 Å². The lowest BCUT2D eigenvalue weighted by Gasteiger charge is -2.62. The summed E-state index contributed by atoms with van der Waals surface area (Å²) in [6.45, 7) is 10.1. The first-order valence-corrected chi connectivity index (χ1v) is 13.8. The van der Waals surface area contributed by atoms with E-state index in [2.05, 4.69) is 0 Å². The summed E-state index contributed by atoms with van der Waals surface area (Å²) in [4.78, 5) is 63.4. The molecule has 8 atom stereocenters. The molecule has 1 aliphatic heterocycles. The van der Waals surface area contributed by atoms with E-state index in [0.29, 0.717) is 6.42 Å². The van der Waals surface area contributed by atoms with Gasteiger partial charge in [0, 0.05) is 33.6 Å². The topological polar surface area (TPSA) is 141 Å². The van der Waals surface area contributed by atoms with E-state index in [0.717, 1.165) is 0 Å². The number of carbonyl (C=O) groups excluding carboxylic acids is 5. The van der Waals surface area contributed by atoms with E-state index in [1.54, 1.807) is 30.3 Å². The van der Waals surface area contributed by atoms with E-state index < -0.39 is 83.4 Å². The molecule has 11 heteroatoms. The van der Waals surface area contributed by atoms with E-state index >= 15 is 0 Å². The minimum absolute atomic E-state index is 0.230. The SMILES string of the molecule is CC(=O)OC[C@]12[C@H](OC(=O)c3ccccc3)[C@@H](OC(C)=O)[C@@H]3C[C@]1(OC3(C)C)[C@H](C)C[C@H](OC(C)=O)[C@@H]2OC(C)=O. The molecule has 224 valence electrons. The molecule has 1 spiro atoms. The number of carbonyl (C=O) groups is 5. The molecule has 4 rings (SSSR count). The van der Waals surface area contributed by atoms with Crippen molar-refractivity contribution in [3.8, 4) is 0 Å². The quantitative estimate of drug-likeness (QED) is 0.350. The fourth-order valence-electron chi connectivity index (χ4n) is 7.31. The third-order valence-corrected chi connectivity index (χ3v) is 8.75. The molecule has 1 aromatic carbocycles. The summed E-state index contributed by atoms with van der Waals surface area (Å²) in [6.07, 6.45) is -4.15. The van der Waals surface area contributed by atoms with Gasteiger partial charge < -0.3 is 28.4 Å². The maximum atomic E-state index is 13.7. The highest BCUT2D eigenvalue weighted by atomic mass is 16.6. The highest BCUT2D eigenvalue weighted by molar-refractivity contribution is 5.89. The third kappa shape index (κ3) is 5.31. The summed E-state index contributed by atoms with van der Waals surface area (Å²) >= 11 is 0. The molecule has 2 aliphatic carbocycles. The lowest BCUT2D eigenvalue weighted by atomic mass is 9.48. The second kappa shape index (κ2) is 11.1. The van der Waals surface area contributed by atoms with Crippen LogP contribution in [0.4, 0.5) is 0 Å². The van der Waals surface area contributed by atoms with Crippen molar-refractivity contribution >= 4 is 29.8 Å². The molecule has 0 radical (unpaired) electrons. The van der Waals surface area contributed by atoms with E-state index in [-0.39, 0.29) is 17.9 Å². The van der Waals surface area contributed by atoms with Crippen LogP contribution in [0, 0.1) is 17.3 Å². The van der Waals surface area contributed by atoms with E-state index in [1.165, 1.54) is 27.7 Å². The minimum Gasteiger partial charge on any atom is -0.465 e. The Morgan fingerprint density at radius 3 is 2.00 bits per heavy atom. The second-order valence-electron chi connectivity index (χ2n) is 11.8. The van der Waals surface area contributed by atoms with Crippen LogP contribution < -0.4 is 0 Å². The Morgan fingerprint density at radius 1 is 0.829 bits per heavy atom. The van der Waals surface area contributed by atoms with E-state index in [9.17, 15) is 24.0 Å². The highest BCUT2D eigenvalue weighted by Gasteiger charge is 2.81.